The number of carbonyl (C=O) groups is 1. The highest BCUT2D eigenvalue weighted by atomic mass is 19.1. The first kappa shape index (κ1) is 37.2. The normalized spacial score (nSPS) is 20.7. The smallest absolute Gasteiger partial charge is 0.248 e. The van der Waals surface area contributed by atoms with Crippen molar-refractivity contribution in [3.63, 3.8) is 0 Å². The van der Waals surface area contributed by atoms with Gasteiger partial charge in [0.05, 0.1) is 17.7 Å². The molecule has 3 unspecified atom stereocenters. The minimum Gasteiger partial charge on any atom is -0.473 e. The van der Waals surface area contributed by atoms with Gasteiger partial charge in [0.1, 0.15) is 12.4 Å². The van der Waals surface area contributed by atoms with Gasteiger partial charge in [0.2, 0.25) is 11.8 Å². The number of ether oxygens (including phenoxy) is 2. The summed E-state index contributed by atoms with van der Waals surface area (Å²) in [5.74, 6) is 1.14. The van der Waals surface area contributed by atoms with Crippen molar-refractivity contribution in [1.29, 1.82) is 5.26 Å². The highest BCUT2D eigenvalue weighted by Gasteiger charge is 2.21. The summed E-state index contributed by atoms with van der Waals surface area (Å²) in [5, 5.41) is 8.80. The highest BCUT2D eigenvalue weighted by molar-refractivity contribution is 5.95. The van der Waals surface area contributed by atoms with Crippen LogP contribution in [0.1, 0.15) is 82.5 Å². The fourth-order valence-electron chi connectivity index (χ4n) is 5.08. The van der Waals surface area contributed by atoms with E-state index in [4.69, 9.17) is 20.5 Å². The Labute approximate surface area is 269 Å². The zero-order valence-electron chi connectivity index (χ0n) is 27.3. The molecule has 2 saturated heterocycles. The van der Waals surface area contributed by atoms with E-state index in [-0.39, 0.29) is 12.5 Å². The topological polar surface area (TPSA) is 101 Å². The second kappa shape index (κ2) is 20.1. The van der Waals surface area contributed by atoms with Crippen LogP contribution in [0.5, 0.6) is 5.88 Å². The Bertz CT molecular complexity index is 1320. The first-order valence-corrected chi connectivity index (χ1v) is 15.9. The molecule has 45 heavy (non-hydrogen) atoms. The molecule has 2 aliphatic heterocycles. The first-order chi connectivity index (χ1) is 21.7. The van der Waals surface area contributed by atoms with Gasteiger partial charge in [-0.25, -0.2) is 9.37 Å². The lowest BCUT2D eigenvalue weighted by molar-refractivity contribution is -0.114. The molecule has 3 atom stereocenters. The number of carbonyl (C=O) groups excluding carboxylic acids is 1. The molecule has 2 N–H and O–H groups in total. The van der Waals surface area contributed by atoms with Crippen LogP contribution < -0.4 is 10.5 Å². The third kappa shape index (κ3) is 12.5. The molecule has 0 radical (unpaired) electrons. The summed E-state index contributed by atoms with van der Waals surface area (Å²) in [7, 11) is 0. The molecule has 2 aromatic rings. The maximum absolute atomic E-state index is 14.0. The van der Waals surface area contributed by atoms with Crippen LogP contribution in [0.15, 0.2) is 60.2 Å². The van der Waals surface area contributed by atoms with Gasteiger partial charge in [-0.05, 0) is 81.8 Å². The highest BCUT2D eigenvalue weighted by Crippen LogP contribution is 2.28. The molecule has 3 aliphatic rings. The number of nitriles is 1. The van der Waals surface area contributed by atoms with Crippen molar-refractivity contribution in [3.05, 3.63) is 82.8 Å². The number of amides is 1. The lowest BCUT2D eigenvalue weighted by Gasteiger charge is -2.31. The van der Waals surface area contributed by atoms with Crippen molar-refractivity contribution < 1.29 is 18.7 Å². The van der Waals surface area contributed by atoms with E-state index in [1.54, 1.807) is 24.3 Å². The largest absolute Gasteiger partial charge is 0.473 e. The Kier molecular flexibility index (Phi) is 16.6. The van der Waals surface area contributed by atoms with Gasteiger partial charge in [-0.1, -0.05) is 58.1 Å². The van der Waals surface area contributed by atoms with E-state index >= 15 is 0 Å². The van der Waals surface area contributed by atoms with E-state index in [9.17, 15) is 9.18 Å². The molecule has 242 valence electrons. The van der Waals surface area contributed by atoms with Crippen LogP contribution in [0.4, 0.5) is 4.39 Å². The molecule has 1 aliphatic carbocycles. The predicted molar refractivity (Wildman–Crippen MR) is 178 cm³/mol. The summed E-state index contributed by atoms with van der Waals surface area (Å²) in [6.07, 6.45) is 20.3. The van der Waals surface area contributed by atoms with Gasteiger partial charge in [0.15, 0.2) is 0 Å². The minimum absolute atomic E-state index is 0.100. The summed E-state index contributed by atoms with van der Waals surface area (Å²) in [5.41, 5.74) is 7.53. The molecule has 2 fully saturated rings. The molecule has 3 heterocycles. The Hall–Kier alpha value is -3.98. The molecule has 8 heteroatoms. The number of piperidine rings is 1. The number of terminal acetylenes is 1. The van der Waals surface area contributed by atoms with Gasteiger partial charge in [0, 0.05) is 35.4 Å². The molecule has 1 amide bonds. The van der Waals surface area contributed by atoms with E-state index in [0.29, 0.717) is 46.4 Å². The average molecular weight is 617 g/mol. The minimum atomic E-state index is -0.427. The van der Waals surface area contributed by atoms with Crippen LogP contribution in [0.25, 0.3) is 0 Å². The average Bonchev–Trinajstić information content (AvgIpc) is 3.03. The third-order valence-corrected chi connectivity index (χ3v) is 8.23. The van der Waals surface area contributed by atoms with Gasteiger partial charge in [-0.3, -0.25) is 4.79 Å². The number of nitrogens with two attached hydrogens (primary N) is 1. The van der Waals surface area contributed by atoms with Crippen molar-refractivity contribution in [1.82, 2.24) is 9.88 Å². The number of rotatable bonds is 8. The van der Waals surface area contributed by atoms with Crippen LogP contribution in [0.2, 0.25) is 0 Å². The monoisotopic (exact) mass is 616 g/mol. The van der Waals surface area contributed by atoms with E-state index in [2.05, 4.69) is 56.5 Å². The zero-order chi connectivity index (χ0) is 33.2. The fraction of sp³-hybridized carbons (Fsp3) is 0.486. The van der Waals surface area contributed by atoms with E-state index in [1.807, 2.05) is 24.3 Å². The van der Waals surface area contributed by atoms with Crippen LogP contribution in [0, 0.1) is 41.8 Å². The Balaban J connectivity index is 0.000000303. The summed E-state index contributed by atoms with van der Waals surface area (Å²) in [4.78, 5) is 17.8. The van der Waals surface area contributed by atoms with Gasteiger partial charge in [0.25, 0.3) is 0 Å². The predicted octanol–water partition coefficient (Wildman–Crippen LogP) is 6.94. The van der Waals surface area contributed by atoms with Crippen LogP contribution in [-0.4, -0.2) is 48.1 Å². The summed E-state index contributed by atoms with van der Waals surface area (Å²) >= 11 is 0. The molecule has 1 aromatic heterocycles. The van der Waals surface area contributed by atoms with Gasteiger partial charge < -0.3 is 20.1 Å². The van der Waals surface area contributed by atoms with E-state index in [1.165, 1.54) is 31.9 Å². The number of nitrogens with zero attached hydrogens (tertiary/aromatic N) is 3. The zero-order valence-corrected chi connectivity index (χ0v) is 27.3. The van der Waals surface area contributed by atoms with E-state index < -0.39 is 5.82 Å². The molecule has 0 saturated carbocycles. The standard InChI is InChI=1S/C21H24FN3O.C9H13NO.C5H10O.C2H2/c1-2-10-25-11-8-17(9-12-25)20-4-3-5-21(24-20)26-15-18-7-6-16(14-23)13-19(18)22;1-6-3-4-8(9(10)11)5-7(6)2;1-2-5-3-4-6-5;1-2/h3-7,13,17H,2,8-12,15H2,1H3;3-7H,1-2H3,(H2,10,11);5H,2-4H2,1H3;1-2H. The van der Waals surface area contributed by atoms with Gasteiger partial charge in [-0.2, -0.15) is 5.26 Å². The Morgan fingerprint density at radius 1 is 1.16 bits per heavy atom. The summed E-state index contributed by atoms with van der Waals surface area (Å²) in [6, 6.07) is 12.1. The summed E-state index contributed by atoms with van der Waals surface area (Å²) < 4.78 is 24.7. The lowest BCUT2D eigenvalue weighted by atomic mass is 9.88. The molecular weight excluding hydrogens is 567 g/mol. The number of primary amides is 1. The van der Waals surface area contributed by atoms with Crippen molar-refractivity contribution in [2.24, 2.45) is 17.6 Å². The Morgan fingerprint density at radius 2 is 1.87 bits per heavy atom. The second-order valence-electron chi connectivity index (χ2n) is 11.5. The van der Waals surface area contributed by atoms with Crippen molar-refractivity contribution in [3.8, 4) is 24.8 Å². The quantitative estimate of drug-likeness (QED) is 0.323. The van der Waals surface area contributed by atoms with Crippen molar-refractivity contribution in [2.75, 3.05) is 26.2 Å². The number of aromatic nitrogens is 1. The number of pyridine rings is 1. The fourth-order valence-corrected chi connectivity index (χ4v) is 5.08. The number of halogens is 1. The second-order valence-corrected chi connectivity index (χ2v) is 11.5. The molecule has 5 rings (SSSR count). The number of hydrogen-bond donors (Lipinski definition) is 1. The molecule has 1 aromatic carbocycles. The number of allylic oxidation sites excluding steroid dienone is 2. The first-order valence-electron chi connectivity index (χ1n) is 15.9. The van der Waals surface area contributed by atoms with E-state index in [0.717, 1.165) is 38.2 Å². The third-order valence-electron chi connectivity index (χ3n) is 8.23. The number of benzene rings is 1. The number of hydrogen-bond acceptors (Lipinski definition) is 6. The Morgan fingerprint density at radius 3 is 2.38 bits per heavy atom. The number of likely N-dealkylation sites (tertiary alicyclic amines) is 1. The van der Waals surface area contributed by atoms with Crippen molar-refractivity contribution in [2.45, 2.75) is 78.4 Å². The van der Waals surface area contributed by atoms with Gasteiger partial charge >= 0.3 is 0 Å². The lowest BCUT2D eigenvalue weighted by Crippen LogP contribution is -2.33. The maximum atomic E-state index is 14.0. The SMILES string of the molecule is C#C.CC1C=CC(C(N)=O)=CC1C.CCC1CCO1.CCCN1CCC(c2cccc(OCc3ccc(C#N)cc3F)n2)CC1. The molecular formula is C37H49FN4O3. The van der Waals surface area contributed by atoms with Crippen LogP contribution >= 0.6 is 0 Å². The molecule has 7 nitrogen and oxygen atoms in total. The van der Waals surface area contributed by atoms with Crippen LogP contribution in [0.3, 0.4) is 0 Å². The van der Waals surface area contributed by atoms with Gasteiger partial charge in [-0.15, -0.1) is 12.8 Å². The van der Waals surface area contributed by atoms with Crippen LogP contribution in [-0.2, 0) is 16.1 Å². The summed E-state index contributed by atoms with van der Waals surface area (Å²) in [6.45, 7) is 13.1. The molecule has 0 bridgehead atoms. The van der Waals surface area contributed by atoms with Crippen molar-refractivity contribution >= 4 is 5.91 Å². The molecule has 0 spiro atoms. The maximum Gasteiger partial charge on any atom is 0.248 e.